The fraction of sp³-hybridized carbons (Fsp3) is 0.235. The number of benzene rings is 1. The average molecular weight is 348 g/mol. The Balaban J connectivity index is 2.13. The van der Waals surface area contributed by atoms with Gasteiger partial charge in [-0.05, 0) is 18.2 Å². The third-order valence-electron chi connectivity index (χ3n) is 4.18. The Morgan fingerprint density at radius 2 is 2.00 bits per heavy atom. The van der Waals surface area contributed by atoms with Crippen LogP contribution in [0, 0.1) is 17.5 Å². The number of nitrogens with zero attached hydrogens (tertiary/aromatic N) is 4. The Hall–Kier alpha value is -2.74. The van der Waals surface area contributed by atoms with E-state index in [1.807, 2.05) is 0 Å². The van der Waals surface area contributed by atoms with Crippen molar-refractivity contribution < 1.29 is 18.3 Å². The molecule has 0 aliphatic heterocycles. The van der Waals surface area contributed by atoms with E-state index in [0.29, 0.717) is 6.07 Å². The zero-order valence-electron chi connectivity index (χ0n) is 13.3. The minimum absolute atomic E-state index is 0.0335. The van der Waals surface area contributed by atoms with Crippen LogP contribution in [0.1, 0.15) is 24.1 Å². The van der Waals surface area contributed by atoms with Gasteiger partial charge in [-0.1, -0.05) is 13.0 Å². The molecule has 0 saturated carbocycles. The van der Waals surface area contributed by atoms with Gasteiger partial charge >= 0.3 is 0 Å². The summed E-state index contributed by atoms with van der Waals surface area (Å²) in [5.41, 5.74) is -2.14. The number of rotatable bonds is 5. The van der Waals surface area contributed by atoms with Gasteiger partial charge in [0.05, 0.1) is 12.2 Å². The SMILES string of the molecule is CC(c1ncccc1F)C(O)(Cn1cncn1)c1ccc(F)cc1F. The van der Waals surface area contributed by atoms with E-state index in [1.54, 1.807) is 0 Å². The van der Waals surface area contributed by atoms with E-state index in [4.69, 9.17) is 0 Å². The molecule has 0 fully saturated rings. The Morgan fingerprint density at radius 3 is 2.64 bits per heavy atom. The van der Waals surface area contributed by atoms with Gasteiger partial charge in [0.25, 0.3) is 0 Å². The fourth-order valence-electron chi connectivity index (χ4n) is 2.80. The first-order chi connectivity index (χ1) is 11.9. The van der Waals surface area contributed by atoms with Crippen molar-refractivity contribution in [1.29, 1.82) is 0 Å². The van der Waals surface area contributed by atoms with Crippen molar-refractivity contribution >= 4 is 0 Å². The highest BCUT2D eigenvalue weighted by molar-refractivity contribution is 5.30. The van der Waals surface area contributed by atoms with Crippen LogP contribution in [0.4, 0.5) is 13.2 Å². The number of pyridine rings is 1. The van der Waals surface area contributed by atoms with Gasteiger partial charge in [0, 0.05) is 23.7 Å². The molecule has 2 unspecified atom stereocenters. The van der Waals surface area contributed by atoms with Crippen LogP contribution in [0.3, 0.4) is 0 Å². The Morgan fingerprint density at radius 1 is 1.20 bits per heavy atom. The first-order valence-corrected chi connectivity index (χ1v) is 7.52. The van der Waals surface area contributed by atoms with Crippen LogP contribution in [-0.4, -0.2) is 24.9 Å². The van der Waals surface area contributed by atoms with Crippen LogP contribution in [0.2, 0.25) is 0 Å². The molecule has 0 bridgehead atoms. The topological polar surface area (TPSA) is 63.8 Å². The molecule has 0 aliphatic rings. The standard InChI is InChI=1S/C17H15F3N4O/c1-11(16-14(19)3-2-6-22-16)17(25,8-24-10-21-9-23-24)13-5-4-12(18)7-15(13)20/h2-7,9-11,25H,8H2,1H3. The monoisotopic (exact) mass is 348 g/mol. The lowest BCUT2D eigenvalue weighted by Gasteiger charge is -2.34. The summed E-state index contributed by atoms with van der Waals surface area (Å²) in [6, 6.07) is 5.46. The van der Waals surface area contributed by atoms with Gasteiger partial charge in [0.2, 0.25) is 0 Å². The second-order valence-electron chi connectivity index (χ2n) is 5.73. The number of aliphatic hydroxyl groups is 1. The molecule has 2 heterocycles. The van der Waals surface area contributed by atoms with Crippen LogP contribution in [0.25, 0.3) is 0 Å². The predicted molar refractivity (Wildman–Crippen MR) is 82.9 cm³/mol. The zero-order valence-corrected chi connectivity index (χ0v) is 13.3. The molecule has 8 heteroatoms. The summed E-state index contributed by atoms with van der Waals surface area (Å²) in [7, 11) is 0. The minimum Gasteiger partial charge on any atom is -0.382 e. The highest BCUT2D eigenvalue weighted by Crippen LogP contribution is 2.39. The average Bonchev–Trinajstić information content (AvgIpc) is 3.07. The number of hydrogen-bond acceptors (Lipinski definition) is 4. The molecular formula is C17H15F3N4O. The Labute approximate surface area is 141 Å². The summed E-state index contributed by atoms with van der Waals surface area (Å²) in [4.78, 5) is 7.75. The Kier molecular flexibility index (Phi) is 4.54. The molecule has 2 atom stereocenters. The van der Waals surface area contributed by atoms with E-state index >= 15 is 0 Å². The summed E-state index contributed by atoms with van der Waals surface area (Å²) in [5, 5.41) is 15.2. The molecular weight excluding hydrogens is 333 g/mol. The summed E-state index contributed by atoms with van der Waals surface area (Å²) in [5.74, 6) is -3.29. The second-order valence-corrected chi connectivity index (χ2v) is 5.73. The lowest BCUT2D eigenvalue weighted by atomic mass is 9.79. The first-order valence-electron chi connectivity index (χ1n) is 7.52. The second kappa shape index (κ2) is 6.64. The van der Waals surface area contributed by atoms with Gasteiger partial charge in [-0.15, -0.1) is 0 Å². The van der Waals surface area contributed by atoms with Crippen molar-refractivity contribution in [1.82, 2.24) is 19.7 Å². The molecule has 0 radical (unpaired) electrons. The van der Waals surface area contributed by atoms with Crippen molar-refractivity contribution in [2.45, 2.75) is 25.0 Å². The third kappa shape index (κ3) is 3.25. The van der Waals surface area contributed by atoms with E-state index in [9.17, 15) is 18.3 Å². The first kappa shape index (κ1) is 17.1. The predicted octanol–water partition coefficient (Wildman–Crippen LogP) is 2.78. The van der Waals surface area contributed by atoms with Crippen molar-refractivity contribution in [2.75, 3.05) is 0 Å². The van der Waals surface area contributed by atoms with Crippen LogP contribution in [0.5, 0.6) is 0 Å². The molecule has 1 aromatic carbocycles. The lowest BCUT2D eigenvalue weighted by molar-refractivity contribution is -0.0133. The van der Waals surface area contributed by atoms with Crippen LogP contribution < -0.4 is 0 Å². The van der Waals surface area contributed by atoms with Gasteiger partial charge < -0.3 is 5.11 Å². The Bertz CT molecular complexity index is 872. The zero-order chi connectivity index (χ0) is 18.0. The minimum atomic E-state index is -1.93. The smallest absolute Gasteiger partial charge is 0.145 e. The molecule has 1 N–H and O–H groups in total. The third-order valence-corrected chi connectivity index (χ3v) is 4.18. The highest BCUT2D eigenvalue weighted by atomic mass is 19.1. The van der Waals surface area contributed by atoms with Gasteiger partial charge in [-0.25, -0.2) is 22.8 Å². The van der Waals surface area contributed by atoms with E-state index in [2.05, 4.69) is 15.1 Å². The molecule has 2 aromatic heterocycles. The van der Waals surface area contributed by atoms with Crippen molar-refractivity contribution in [3.63, 3.8) is 0 Å². The summed E-state index contributed by atoms with van der Waals surface area (Å²) in [6.45, 7) is 1.30. The maximum Gasteiger partial charge on any atom is 0.145 e. The number of aromatic nitrogens is 4. The lowest BCUT2D eigenvalue weighted by Crippen LogP contribution is -2.39. The summed E-state index contributed by atoms with van der Waals surface area (Å²) >= 11 is 0. The fourth-order valence-corrected chi connectivity index (χ4v) is 2.80. The quantitative estimate of drug-likeness (QED) is 0.770. The molecule has 0 saturated heterocycles. The van der Waals surface area contributed by atoms with Crippen LogP contribution in [0.15, 0.2) is 49.2 Å². The van der Waals surface area contributed by atoms with E-state index in [0.717, 1.165) is 12.1 Å². The van der Waals surface area contributed by atoms with Crippen molar-refractivity contribution in [3.05, 3.63) is 77.9 Å². The van der Waals surface area contributed by atoms with Gasteiger partial charge in [0.1, 0.15) is 35.7 Å². The molecule has 0 spiro atoms. The van der Waals surface area contributed by atoms with Crippen molar-refractivity contribution in [3.8, 4) is 0 Å². The molecule has 0 aliphatic carbocycles. The molecule has 0 amide bonds. The van der Waals surface area contributed by atoms with Crippen LogP contribution >= 0.6 is 0 Å². The van der Waals surface area contributed by atoms with E-state index in [1.165, 1.54) is 42.6 Å². The molecule has 5 nitrogen and oxygen atoms in total. The molecule has 25 heavy (non-hydrogen) atoms. The summed E-state index contributed by atoms with van der Waals surface area (Å²) < 4.78 is 43.1. The van der Waals surface area contributed by atoms with Gasteiger partial charge in [0.15, 0.2) is 0 Å². The molecule has 130 valence electrons. The largest absolute Gasteiger partial charge is 0.382 e. The van der Waals surface area contributed by atoms with E-state index in [-0.39, 0.29) is 17.8 Å². The maximum absolute atomic E-state index is 14.4. The number of hydrogen-bond donors (Lipinski definition) is 1. The van der Waals surface area contributed by atoms with Gasteiger partial charge in [-0.3, -0.25) is 4.98 Å². The van der Waals surface area contributed by atoms with Crippen molar-refractivity contribution in [2.24, 2.45) is 0 Å². The van der Waals surface area contributed by atoms with Crippen LogP contribution in [-0.2, 0) is 12.1 Å². The van der Waals surface area contributed by atoms with E-state index < -0.39 is 29.0 Å². The highest BCUT2D eigenvalue weighted by Gasteiger charge is 2.41. The van der Waals surface area contributed by atoms with Gasteiger partial charge in [-0.2, -0.15) is 5.10 Å². The molecule has 3 aromatic rings. The normalized spacial score (nSPS) is 14.9. The maximum atomic E-state index is 14.4. The molecule has 3 rings (SSSR count). The number of halogens is 3. The summed E-state index contributed by atoms with van der Waals surface area (Å²) in [6.07, 6.45) is 3.98.